The second kappa shape index (κ2) is 13.5. The standard InChI is InChI=1S/C29H31Cl2N3O6S/c1-3-13-32-29(36)25(15-20-7-5-4-6-8-20)33(17-21-9-11-23(30)24(31)14-21)28(35)18-34(41(2,37)38)22-10-12-26-27(16-22)40-19-39-26/h4-12,14,16,25H,3,13,15,17-19H2,1-2H3,(H,32,36)/t25-/m0/s1. The number of carbonyl (C=O) groups is 2. The zero-order valence-corrected chi connectivity index (χ0v) is 25.0. The minimum absolute atomic E-state index is 0.00842. The van der Waals surface area contributed by atoms with E-state index in [0.29, 0.717) is 40.1 Å². The number of nitrogens with one attached hydrogen (secondary N) is 1. The molecule has 1 N–H and O–H groups in total. The van der Waals surface area contributed by atoms with Gasteiger partial charge in [0.2, 0.25) is 28.6 Å². The zero-order valence-electron chi connectivity index (χ0n) is 22.7. The van der Waals surface area contributed by atoms with Crippen LogP contribution in [0.1, 0.15) is 24.5 Å². The number of hydrogen-bond donors (Lipinski definition) is 1. The minimum atomic E-state index is -3.92. The van der Waals surface area contributed by atoms with E-state index in [1.54, 1.807) is 30.3 Å². The topological polar surface area (TPSA) is 105 Å². The van der Waals surface area contributed by atoms with Gasteiger partial charge >= 0.3 is 0 Å². The van der Waals surface area contributed by atoms with Crippen LogP contribution in [0.5, 0.6) is 11.5 Å². The van der Waals surface area contributed by atoms with E-state index in [4.69, 9.17) is 32.7 Å². The molecule has 0 radical (unpaired) electrons. The summed E-state index contributed by atoms with van der Waals surface area (Å²) in [6.07, 6.45) is 1.94. The monoisotopic (exact) mass is 619 g/mol. The maximum absolute atomic E-state index is 14.1. The van der Waals surface area contributed by atoms with Gasteiger partial charge in [-0.2, -0.15) is 0 Å². The molecule has 3 aromatic rings. The van der Waals surface area contributed by atoms with Crippen molar-refractivity contribution in [2.24, 2.45) is 0 Å². The van der Waals surface area contributed by atoms with Gasteiger partial charge in [0, 0.05) is 25.6 Å². The lowest BCUT2D eigenvalue weighted by Gasteiger charge is -2.33. The Morgan fingerprint density at radius 2 is 1.68 bits per heavy atom. The van der Waals surface area contributed by atoms with Crippen molar-refractivity contribution < 1.29 is 27.5 Å². The van der Waals surface area contributed by atoms with Gasteiger partial charge in [-0.25, -0.2) is 8.42 Å². The number of amides is 2. The van der Waals surface area contributed by atoms with Gasteiger partial charge < -0.3 is 19.7 Å². The molecule has 2 amide bonds. The number of ether oxygens (including phenoxy) is 2. The van der Waals surface area contributed by atoms with Gasteiger partial charge in [-0.05, 0) is 41.8 Å². The molecule has 0 spiro atoms. The maximum Gasteiger partial charge on any atom is 0.244 e. The van der Waals surface area contributed by atoms with Crippen LogP contribution in [0.4, 0.5) is 5.69 Å². The fourth-order valence-electron chi connectivity index (χ4n) is 4.41. The molecule has 1 atom stereocenters. The van der Waals surface area contributed by atoms with Crippen molar-refractivity contribution in [1.29, 1.82) is 0 Å². The SMILES string of the molecule is CCCNC(=O)[C@H](Cc1ccccc1)N(Cc1ccc(Cl)c(Cl)c1)C(=O)CN(c1ccc2c(c1)OCO2)S(C)(=O)=O. The molecule has 0 saturated carbocycles. The third-order valence-corrected chi connectivity index (χ3v) is 8.36. The fraction of sp³-hybridized carbons (Fsp3) is 0.310. The molecular formula is C29H31Cl2N3O6S. The summed E-state index contributed by atoms with van der Waals surface area (Å²) >= 11 is 12.4. The Morgan fingerprint density at radius 1 is 0.951 bits per heavy atom. The van der Waals surface area contributed by atoms with Crippen LogP contribution in [0.15, 0.2) is 66.7 Å². The zero-order chi connectivity index (χ0) is 29.6. The third kappa shape index (κ3) is 7.84. The molecule has 12 heteroatoms. The Labute approximate surface area is 250 Å². The molecule has 0 bridgehead atoms. The predicted octanol–water partition coefficient (Wildman–Crippen LogP) is 4.65. The number of benzene rings is 3. The molecule has 4 rings (SSSR count). The highest BCUT2D eigenvalue weighted by atomic mass is 35.5. The Kier molecular flexibility index (Phi) is 10.0. The Hall–Kier alpha value is -3.47. The lowest BCUT2D eigenvalue weighted by molar-refractivity contribution is -0.140. The Morgan fingerprint density at radius 3 is 2.37 bits per heavy atom. The van der Waals surface area contributed by atoms with Crippen molar-refractivity contribution in [3.05, 3.63) is 87.9 Å². The second-order valence-electron chi connectivity index (χ2n) is 9.57. The lowest BCUT2D eigenvalue weighted by Crippen LogP contribution is -2.53. The van der Waals surface area contributed by atoms with Crippen LogP contribution in [0.25, 0.3) is 0 Å². The number of fused-ring (bicyclic) bond motifs is 1. The van der Waals surface area contributed by atoms with E-state index < -0.39 is 28.5 Å². The van der Waals surface area contributed by atoms with Gasteiger partial charge in [0.1, 0.15) is 12.6 Å². The molecular weight excluding hydrogens is 589 g/mol. The molecule has 0 aromatic heterocycles. The molecule has 1 aliphatic heterocycles. The lowest BCUT2D eigenvalue weighted by atomic mass is 10.0. The highest BCUT2D eigenvalue weighted by Crippen LogP contribution is 2.36. The number of halogens is 2. The van der Waals surface area contributed by atoms with Crippen LogP contribution < -0.4 is 19.1 Å². The van der Waals surface area contributed by atoms with Crippen molar-refractivity contribution in [3.63, 3.8) is 0 Å². The largest absolute Gasteiger partial charge is 0.454 e. The first-order chi connectivity index (χ1) is 19.6. The number of hydrogen-bond acceptors (Lipinski definition) is 6. The van der Waals surface area contributed by atoms with Gasteiger partial charge in [-0.15, -0.1) is 0 Å². The van der Waals surface area contributed by atoms with Gasteiger partial charge in [-0.3, -0.25) is 13.9 Å². The third-order valence-electron chi connectivity index (χ3n) is 6.48. The van der Waals surface area contributed by atoms with Crippen LogP contribution in [0.3, 0.4) is 0 Å². The van der Waals surface area contributed by atoms with E-state index in [9.17, 15) is 18.0 Å². The van der Waals surface area contributed by atoms with Crippen LogP contribution in [0, 0.1) is 0 Å². The first kappa shape index (κ1) is 30.5. The smallest absolute Gasteiger partial charge is 0.244 e. The summed E-state index contributed by atoms with van der Waals surface area (Å²) in [6, 6.07) is 18.0. The van der Waals surface area contributed by atoms with E-state index in [1.807, 2.05) is 37.3 Å². The van der Waals surface area contributed by atoms with Gasteiger partial charge in [0.25, 0.3) is 0 Å². The first-order valence-electron chi connectivity index (χ1n) is 13.0. The summed E-state index contributed by atoms with van der Waals surface area (Å²) in [7, 11) is -3.92. The summed E-state index contributed by atoms with van der Waals surface area (Å²) in [5, 5.41) is 3.54. The van der Waals surface area contributed by atoms with Crippen molar-refractivity contribution in [1.82, 2.24) is 10.2 Å². The quantitative estimate of drug-likeness (QED) is 0.316. The fourth-order valence-corrected chi connectivity index (χ4v) is 5.57. The normalized spacial score (nSPS) is 13.0. The molecule has 0 unspecified atom stereocenters. The average molecular weight is 621 g/mol. The molecule has 0 aliphatic carbocycles. The molecule has 218 valence electrons. The van der Waals surface area contributed by atoms with Crippen molar-refractivity contribution in [2.45, 2.75) is 32.4 Å². The average Bonchev–Trinajstić information content (AvgIpc) is 3.42. The highest BCUT2D eigenvalue weighted by molar-refractivity contribution is 7.92. The van der Waals surface area contributed by atoms with Crippen LogP contribution in [-0.4, -0.2) is 57.3 Å². The molecule has 0 fully saturated rings. The second-order valence-corrected chi connectivity index (χ2v) is 12.3. The van der Waals surface area contributed by atoms with Crippen molar-refractivity contribution in [3.8, 4) is 11.5 Å². The number of carbonyl (C=O) groups excluding carboxylic acids is 2. The number of rotatable bonds is 12. The first-order valence-corrected chi connectivity index (χ1v) is 15.6. The Balaban J connectivity index is 1.73. The van der Waals surface area contributed by atoms with Crippen LogP contribution in [0.2, 0.25) is 10.0 Å². The number of sulfonamides is 1. The number of nitrogens with zero attached hydrogens (tertiary/aromatic N) is 2. The van der Waals surface area contributed by atoms with Gasteiger partial charge in [0.05, 0.1) is 22.0 Å². The van der Waals surface area contributed by atoms with Crippen LogP contribution in [-0.2, 0) is 32.6 Å². The van der Waals surface area contributed by atoms with E-state index in [0.717, 1.165) is 16.1 Å². The van der Waals surface area contributed by atoms with Crippen molar-refractivity contribution >= 4 is 50.7 Å². The molecule has 1 heterocycles. The predicted molar refractivity (Wildman–Crippen MR) is 159 cm³/mol. The van der Waals surface area contributed by atoms with Gasteiger partial charge in [-0.1, -0.05) is 66.5 Å². The van der Waals surface area contributed by atoms with Crippen LogP contribution >= 0.6 is 23.2 Å². The molecule has 3 aromatic carbocycles. The van der Waals surface area contributed by atoms with Gasteiger partial charge in [0.15, 0.2) is 11.5 Å². The maximum atomic E-state index is 14.1. The molecule has 1 aliphatic rings. The minimum Gasteiger partial charge on any atom is -0.454 e. The number of anilines is 1. The Bertz CT molecular complexity index is 1500. The molecule has 9 nitrogen and oxygen atoms in total. The summed E-state index contributed by atoms with van der Waals surface area (Å²) in [5.41, 5.74) is 1.70. The van der Waals surface area contributed by atoms with Crippen molar-refractivity contribution in [2.75, 3.05) is 30.4 Å². The summed E-state index contributed by atoms with van der Waals surface area (Å²) in [5.74, 6) is -0.0766. The summed E-state index contributed by atoms with van der Waals surface area (Å²) in [4.78, 5) is 29.0. The summed E-state index contributed by atoms with van der Waals surface area (Å²) < 4.78 is 37.6. The van der Waals surface area contributed by atoms with E-state index in [-0.39, 0.29) is 31.4 Å². The molecule has 0 saturated heterocycles. The van der Waals surface area contributed by atoms with E-state index in [1.165, 1.54) is 11.0 Å². The summed E-state index contributed by atoms with van der Waals surface area (Å²) in [6.45, 7) is 1.81. The highest BCUT2D eigenvalue weighted by Gasteiger charge is 2.33. The van der Waals surface area contributed by atoms with E-state index >= 15 is 0 Å². The molecule has 41 heavy (non-hydrogen) atoms. The van der Waals surface area contributed by atoms with E-state index in [2.05, 4.69) is 5.32 Å².